The minimum Gasteiger partial charge on any atom is -0.399 e. The summed E-state index contributed by atoms with van der Waals surface area (Å²) in [5.74, 6) is 0.988. The van der Waals surface area contributed by atoms with Gasteiger partial charge in [0.25, 0.3) is 0 Å². The van der Waals surface area contributed by atoms with Gasteiger partial charge in [0, 0.05) is 17.4 Å². The maximum Gasteiger partial charge on any atom is 0.181 e. The summed E-state index contributed by atoms with van der Waals surface area (Å²) in [6.45, 7) is 4.26. The highest BCUT2D eigenvalue weighted by atomic mass is 15.5. The minimum absolute atomic E-state index is 0.424. The Kier molecular flexibility index (Phi) is 2.94. The fourth-order valence-electron chi connectivity index (χ4n) is 1.98. The summed E-state index contributed by atoms with van der Waals surface area (Å²) in [7, 11) is 0. The normalized spacial score (nSPS) is 11.2. The molecule has 7 heteroatoms. The molecular formula is C13H15N7. The van der Waals surface area contributed by atoms with Gasteiger partial charge in [-0.2, -0.15) is 5.10 Å². The van der Waals surface area contributed by atoms with Gasteiger partial charge in [0.05, 0.1) is 11.9 Å². The Morgan fingerprint density at radius 3 is 2.80 bits per heavy atom. The van der Waals surface area contributed by atoms with Crippen LogP contribution < -0.4 is 5.73 Å². The Morgan fingerprint density at radius 2 is 2.15 bits per heavy atom. The van der Waals surface area contributed by atoms with Gasteiger partial charge in [-0.3, -0.25) is 0 Å². The molecule has 0 saturated carbocycles. The van der Waals surface area contributed by atoms with Crippen molar-refractivity contribution in [3.63, 3.8) is 0 Å². The fourth-order valence-corrected chi connectivity index (χ4v) is 1.98. The van der Waals surface area contributed by atoms with Gasteiger partial charge in [0.15, 0.2) is 5.82 Å². The molecule has 0 spiro atoms. The largest absolute Gasteiger partial charge is 0.399 e. The van der Waals surface area contributed by atoms with Crippen molar-refractivity contribution in [2.75, 3.05) is 5.73 Å². The lowest BCUT2D eigenvalue weighted by Crippen LogP contribution is -2.00. The fraction of sp³-hybridized carbons (Fsp3) is 0.231. The molecule has 102 valence electrons. The van der Waals surface area contributed by atoms with E-state index in [1.165, 1.54) is 5.56 Å². The number of anilines is 1. The second-order valence-corrected chi connectivity index (χ2v) is 4.90. The van der Waals surface area contributed by atoms with E-state index in [-0.39, 0.29) is 0 Å². The van der Waals surface area contributed by atoms with Crippen LogP contribution in [0.5, 0.6) is 0 Å². The lowest BCUT2D eigenvalue weighted by atomic mass is 10.1. The summed E-state index contributed by atoms with van der Waals surface area (Å²) in [6.07, 6.45) is 3.87. The molecule has 0 unspecified atom stereocenters. The van der Waals surface area contributed by atoms with Crippen LogP contribution >= 0.6 is 0 Å². The van der Waals surface area contributed by atoms with Crippen molar-refractivity contribution >= 4 is 5.69 Å². The van der Waals surface area contributed by atoms with Gasteiger partial charge in [-0.1, -0.05) is 13.8 Å². The highest BCUT2D eigenvalue weighted by molar-refractivity contribution is 5.71. The molecule has 3 rings (SSSR count). The number of hydrogen-bond donors (Lipinski definition) is 2. The molecule has 0 aliphatic rings. The third-order valence-electron chi connectivity index (χ3n) is 3.14. The molecule has 2 heterocycles. The van der Waals surface area contributed by atoms with Gasteiger partial charge in [-0.05, 0) is 40.1 Å². The van der Waals surface area contributed by atoms with Crippen LogP contribution in [0.3, 0.4) is 0 Å². The van der Waals surface area contributed by atoms with Gasteiger partial charge in [-0.15, -0.1) is 5.10 Å². The molecule has 0 amide bonds. The Morgan fingerprint density at radius 1 is 1.30 bits per heavy atom. The summed E-state index contributed by atoms with van der Waals surface area (Å²) in [5.41, 5.74) is 9.36. The minimum atomic E-state index is 0.424. The molecule has 3 aromatic rings. The average molecular weight is 269 g/mol. The molecule has 0 fully saturated rings. The van der Waals surface area contributed by atoms with E-state index in [9.17, 15) is 0 Å². The van der Waals surface area contributed by atoms with Crippen molar-refractivity contribution in [2.45, 2.75) is 19.8 Å². The van der Waals surface area contributed by atoms with Crippen molar-refractivity contribution in [3.05, 3.63) is 36.2 Å². The molecule has 0 aliphatic carbocycles. The van der Waals surface area contributed by atoms with Crippen LogP contribution in [0.25, 0.3) is 17.1 Å². The van der Waals surface area contributed by atoms with Gasteiger partial charge >= 0.3 is 0 Å². The SMILES string of the molecule is CC(C)c1cnn(-c2ccc(N)cc2-c2nnn[nH]2)c1. The van der Waals surface area contributed by atoms with Crippen molar-refractivity contribution in [1.29, 1.82) is 0 Å². The predicted octanol–water partition coefficient (Wildman–Crippen LogP) is 1.76. The zero-order valence-electron chi connectivity index (χ0n) is 11.3. The van der Waals surface area contributed by atoms with Crippen LogP contribution in [-0.2, 0) is 0 Å². The number of rotatable bonds is 3. The summed E-state index contributed by atoms with van der Waals surface area (Å²) in [6, 6.07) is 5.57. The molecule has 0 saturated heterocycles. The average Bonchev–Trinajstić information content (AvgIpc) is 3.10. The van der Waals surface area contributed by atoms with E-state index in [2.05, 4.69) is 39.6 Å². The Hall–Kier alpha value is -2.70. The number of aromatic nitrogens is 6. The molecule has 0 aliphatic heterocycles. The van der Waals surface area contributed by atoms with Crippen LogP contribution in [0.4, 0.5) is 5.69 Å². The van der Waals surface area contributed by atoms with Crippen molar-refractivity contribution in [3.8, 4) is 17.1 Å². The second kappa shape index (κ2) is 4.76. The molecule has 0 bridgehead atoms. The summed E-state index contributed by atoms with van der Waals surface area (Å²) < 4.78 is 1.81. The highest BCUT2D eigenvalue weighted by Gasteiger charge is 2.13. The summed E-state index contributed by atoms with van der Waals surface area (Å²) in [5, 5.41) is 18.3. The number of nitrogens with two attached hydrogens (primary N) is 1. The number of nitrogen functional groups attached to an aromatic ring is 1. The van der Waals surface area contributed by atoms with Crippen LogP contribution in [0.2, 0.25) is 0 Å². The van der Waals surface area contributed by atoms with Crippen molar-refractivity contribution in [2.24, 2.45) is 0 Å². The summed E-state index contributed by atoms with van der Waals surface area (Å²) in [4.78, 5) is 0. The second-order valence-electron chi connectivity index (χ2n) is 4.90. The van der Waals surface area contributed by atoms with Crippen LogP contribution in [0, 0.1) is 0 Å². The first-order valence-electron chi connectivity index (χ1n) is 6.33. The number of hydrogen-bond acceptors (Lipinski definition) is 5. The van der Waals surface area contributed by atoms with E-state index in [4.69, 9.17) is 5.73 Å². The standard InChI is InChI=1S/C13H15N7/c1-8(2)9-6-15-20(7-9)12-4-3-10(14)5-11(12)13-16-18-19-17-13/h3-8H,14H2,1-2H3,(H,16,17,18,19). The number of H-pyrrole nitrogens is 1. The molecule has 2 aromatic heterocycles. The van der Waals surface area contributed by atoms with Gasteiger partial charge in [0.1, 0.15) is 0 Å². The zero-order chi connectivity index (χ0) is 14.1. The third-order valence-corrected chi connectivity index (χ3v) is 3.14. The molecule has 0 radical (unpaired) electrons. The molecule has 1 aromatic carbocycles. The molecule has 20 heavy (non-hydrogen) atoms. The Balaban J connectivity index is 2.13. The first kappa shape index (κ1) is 12.3. The topological polar surface area (TPSA) is 98.3 Å². The Bertz CT molecular complexity index is 712. The number of nitrogens with one attached hydrogen (secondary N) is 1. The van der Waals surface area contributed by atoms with Gasteiger partial charge < -0.3 is 5.73 Å². The maximum absolute atomic E-state index is 5.85. The van der Waals surface area contributed by atoms with Gasteiger partial charge in [-0.25, -0.2) is 9.78 Å². The summed E-state index contributed by atoms with van der Waals surface area (Å²) >= 11 is 0. The first-order chi connectivity index (χ1) is 9.65. The lowest BCUT2D eigenvalue weighted by molar-refractivity contribution is 0.858. The zero-order valence-corrected chi connectivity index (χ0v) is 11.3. The van der Waals surface area contributed by atoms with Gasteiger partial charge in [0.2, 0.25) is 0 Å². The van der Waals surface area contributed by atoms with E-state index >= 15 is 0 Å². The van der Waals surface area contributed by atoms with E-state index < -0.39 is 0 Å². The molecular weight excluding hydrogens is 254 g/mol. The van der Waals surface area contributed by atoms with E-state index in [0.717, 1.165) is 11.3 Å². The number of nitrogens with zero attached hydrogens (tertiary/aromatic N) is 5. The highest BCUT2D eigenvalue weighted by Crippen LogP contribution is 2.26. The lowest BCUT2D eigenvalue weighted by Gasteiger charge is -2.08. The first-order valence-corrected chi connectivity index (χ1v) is 6.33. The smallest absolute Gasteiger partial charge is 0.181 e. The molecule has 0 atom stereocenters. The number of aromatic amines is 1. The third kappa shape index (κ3) is 2.13. The van der Waals surface area contributed by atoms with E-state index in [0.29, 0.717) is 17.4 Å². The van der Waals surface area contributed by atoms with Crippen molar-refractivity contribution in [1.82, 2.24) is 30.4 Å². The van der Waals surface area contributed by atoms with Crippen LogP contribution in [0.1, 0.15) is 25.3 Å². The van der Waals surface area contributed by atoms with Crippen LogP contribution in [-0.4, -0.2) is 30.4 Å². The molecule has 3 N–H and O–H groups in total. The molecule has 7 nitrogen and oxygen atoms in total. The number of benzene rings is 1. The Labute approximate surface area is 115 Å². The predicted molar refractivity (Wildman–Crippen MR) is 75.2 cm³/mol. The van der Waals surface area contributed by atoms with Crippen molar-refractivity contribution < 1.29 is 0 Å². The van der Waals surface area contributed by atoms with Crippen LogP contribution in [0.15, 0.2) is 30.6 Å². The quantitative estimate of drug-likeness (QED) is 0.706. The maximum atomic E-state index is 5.85. The monoisotopic (exact) mass is 269 g/mol. The van der Waals surface area contributed by atoms with E-state index in [1.54, 1.807) is 0 Å². The number of tetrazole rings is 1. The van der Waals surface area contributed by atoms with E-state index in [1.807, 2.05) is 35.3 Å².